The van der Waals surface area contributed by atoms with Gasteiger partial charge in [-0.05, 0) is 12.1 Å². The van der Waals surface area contributed by atoms with Crippen LogP contribution in [0.15, 0.2) is 18.2 Å². The minimum absolute atomic E-state index is 0.178. The first kappa shape index (κ1) is 8.85. The van der Waals surface area contributed by atoms with E-state index in [1.165, 1.54) is 11.3 Å². The van der Waals surface area contributed by atoms with Gasteiger partial charge in [0.25, 0.3) is 0 Å². The van der Waals surface area contributed by atoms with Gasteiger partial charge in [0, 0.05) is 15.6 Å². The maximum atomic E-state index is 9.79. The van der Waals surface area contributed by atoms with E-state index in [1.807, 2.05) is 12.1 Å². The van der Waals surface area contributed by atoms with Crippen LogP contribution in [0.25, 0.3) is 10.1 Å². The van der Waals surface area contributed by atoms with Crippen molar-refractivity contribution in [3.63, 3.8) is 0 Å². The van der Waals surface area contributed by atoms with E-state index in [-0.39, 0.29) is 12.2 Å². The van der Waals surface area contributed by atoms with Crippen LogP contribution in [0.5, 0.6) is 5.75 Å². The summed E-state index contributed by atoms with van der Waals surface area (Å²) in [6, 6.07) is 7.38. The third kappa shape index (κ3) is 1.28. The molecule has 4 heteroatoms. The SMILES string of the molecule is N#CCc1ccc2sc(N)cc2c1O. The first-order valence-corrected chi connectivity index (χ1v) is 4.91. The molecule has 0 saturated heterocycles. The molecular formula is C10H8N2OS. The Morgan fingerprint density at radius 2 is 2.29 bits per heavy atom. The molecule has 70 valence electrons. The number of benzene rings is 1. The lowest BCUT2D eigenvalue weighted by molar-refractivity contribution is 0.476. The highest BCUT2D eigenvalue weighted by atomic mass is 32.1. The summed E-state index contributed by atoms with van der Waals surface area (Å²) in [7, 11) is 0. The lowest BCUT2D eigenvalue weighted by Crippen LogP contribution is -1.82. The molecule has 0 unspecified atom stereocenters. The molecule has 0 aliphatic heterocycles. The van der Waals surface area contributed by atoms with Gasteiger partial charge in [-0.2, -0.15) is 5.26 Å². The summed E-state index contributed by atoms with van der Waals surface area (Å²) in [5, 5.41) is 19.7. The van der Waals surface area contributed by atoms with Crippen LogP contribution < -0.4 is 5.73 Å². The summed E-state index contributed by atoms with van der Waals surface area (Å²) in [5.41, 5.74) is 6.28. The van der Waals surface area contributed by atoms with Crippen molar-refractivity contribution in [3.8, 4) is 11.8 Å². The molecule has 2 rings (SSSR count). The summed E-state index contributed by atoms with van der Waals surface area (Å²) in [6.07, 6.45) is 0.220. The van der Waals surface area contributed by atoms with Gasteiger partial charge in [-0.15, -0.1) is 11.3 Å². The summed E-state index contributed by atoms with van der Waals surface area (Å²) < 4.78 is 0.946. The van der Waals surface area contributed by atoms with E-state index in [4.69, 9.17) is 11.0 Å². The van der Waals surface area contributed by atoms with Crippen LogP contribution in [0.1, 0.15) is 5.56 Å². The van der Waals surface area contributed by atoms with Crippen LogP contribution in [0.4, 0.5) is 5.00 Å². The van der Waals surface area contributed by atoms with Crippen LogP contribution in [0.2, 0.25) is 0 Å². The minimum atomic E-state index is 0.178. The van der Waals surface area contributed by atoms with Gasteiger partial charge >= 0.3 is 0 Å². The maximum absolute atomic E-state index is 9.79. The van der Waals surface area contributed by atoms with Crippen molar-refractivity contribution in [2.75, 3.05) is 5.73 Å². The standard InChI is InChI=1S/C10H8N2OS/c11-4-3-6-1-2-8-7(10(6)13)5-9(12)14-8/h1-2,5,13H,3,12H2. The molecule has 0 fully saturated rings. The molecule has 3 N–H and O–H groups in total. The number of aromatic hydroxyl groups is 1. The van der Waals surface area contributed by atoms with Crippen LogP contribution >= 0.6 is 11.3 Å². The smallest absolute Gasteiger partial charge is 0.128 e. The van der Waals surface area contributed by atoms with E-state index >= 15 is 0 Å². The molecule has 0 atom stereocenters. The van der Waals surface area contributed by atoms with E-state index in [0.29, 0.717) is 10.6 Å². The van der Waals surface area contributed by atoms with E-state index in [2.05, 4.69) is 0 Å². The van der Waals surface area contributed by atoms with Crippen LogP contribution in [0.3, 0.4) is 0 Å². The Hall–Kier alpha value is -1.73. The average Bonchev–Trinajstić information content (AvgIpc) is 2.52. The Labute approximate surface area is 85.0 Å². The second-order valence-electron chi connectivity index (χ2n) is 2.97. The quantitative estimate of drug-likeness (QED) is 0.748. The first-order chi connectivity index (χ1) is 6.72. The number of hydrogen-bond donors (Lipinski definition) is 2. The van der Waals surface area contributed by atoms with Gasteiger partial charge in [-0.1, -0.05) is 6.07 Å². The number of hydrogen-bond acceptors (Lipinski definition) is 4. The van der Waals surface area contributed by atoms with Crippen LogP contribution in [-0.4, -0.2) is 5.11 Å². The summed E-state index contributed by atoms with van der Waals surface area (Å²) in [5.74, 6) is 0.178. The fourth-order valence-corrected chi connectivity index (χ4v) is 2.22. The Morgan fingerprint density at radius 1 is 1.50 bits per heavy atom. The molecule has 0 radical (unpaired) electrons. The second kappa shape index (κ2) is 3.20. The summed E-state index contributed by atoms with van der Waals surface area (Å²) in [6.45, 7) is 0. The normalized spacial score (nSPS) is 10.2. The molecule has 2 aromatic rings. The number of nitriles is 1. The number of nitrogen functional groups attached to an aromatic ring is 1. The number of nitrogens with two attached hydrogens (primary N) is 1. The van der Waals surface area contributed by atoms with Crippen molar-refractivity contribution < 1.29 is 5.11 Å². The van der Waals surface area contributed by atoms with E-state index in [0.717, 1.165) is 10.1 Å². The van der Waals surface area contributed by atoms with Crippen molar-refractivity contribution in [1.82, 2.24) is 0 Å². The molecule has 14 heavy (non-hydrogen) atoms. The number of phenolic OH excluding ortho intramolecular Hbond substituents is 1. The van der Waals surface area contributed by atoms with Gasteiger partial charge in [0.15, 0.2) is 0 Å². The molecule has 0 aliphatic rings. The fraction of sp³-hybridized carbons (Fsp3) is 0.100. The van der Waals surface area contributed by atoms with Crippen molar-refractivity contribution in [2.24, 2.45) is 0 Å². The fourth-order valence-electron chi connectivity index (χ4n) is 1.39. The molecule has 0 bridgehead atoms. The number of thiophene rings is 1. The molecule has 1 aromatic carbocycles. The van der Waals surface area contributed by atoms with Crippen molar-refractivity contribution in [2.45, 2.75) is 6.42 Å². The lowest BCUT2D eigenvalue weighted by Gasteiger charge is -2.00. The number of anilines is 1. The Balaban J connectivity index is 2.69. The molecule has 0 saturated carbocycles. The topological polar surface area (TPSA) is 70.0 Å². The average molecular weight is 204 g/mol. The van der Waals surface area contributed by atoms with Crippen LogP contribution in [-0.2, 0) is 6.42 Å². The lowest BCUT2D eigenvalue weighted by atomic mass is 10.1. The zero-order valence-electron chi connectivity index (χ0n) is 7.32. The highest BCUT2D eigenvalue weighted by molar-refractivity contribution is 7.22. The number of phenols is 1. The highest BCUT2D eigenvalue weighted by Crippen LogP contribution is 2.35. The van der Waals surface area contributed by atoms with Crippen LogP contribution in [0, 0.1) is 11.3 Å². The number of rotatable bonds is 1. The van der Waals surface area contributed by atoms with Gasteiger partial charge < -0.3 is 10.8 Å². The van der Waals surface area contributed by atoms with Crippen molar-refractivity contribution >= 4 is 26.4 Å². The van der Waals surface area contributed by atoms with Crippen molar-refractivity contribution in [1.29, 1.82) is 5.26 Å². The molecule has 3 nitrogen and oxygen atoms in total. The van der Waals surface area contributed by atoms with Gasteiger partial charge in [-0.25, -0.2) is 0 Å². The molecule has 1 aromatic heterocycles. The molecule has 0 aliphatic carbocycles. The summed E-state index contributed by atoms with van der Waals surface area (Å²) >= 11 is 1.43. The zero-order chi connectivity index (χ0) is 10.1. The Bertz CT molecular complexity index is 525. The largest absolute Gasteiger partial charge is 0.507 e. The predicted octanol–water partition coefficient (Wildman–Crippen LogP) is 2.26. The molecular weight excluding hydrogens is 196 g/mol. The summed E-state index contributed by atoms with van der Waals surface area (Å²) in [4.78, 5) is 0. The van der Waals surface area contributed by atoms with Gasteiger partial charge in [-0.3, -0.25) is 0 Å². The molecule has 1 heterocycles. The third-order valence-corrected chi connectivity index (χ3v) is 2.97. The van der Waals surface area contributed by atoms with Crippen molar-refractivity contribution in [3.05, 3.63) is 23.8 Å². The van der Waals surface area contributed by atoms with Gasteiger partial charge in [0.1, 0.15) is 5.75 Å². The zero-order valence-corrected chi connectivity index (χ0v) is 8.14. The minimum Gasteiger partial charge on any atom is -0.507 e. The molecule has 0 spiro atoms. The monoisotopic (exact) mass is 204 g/mol. The van der Waals surface area contributed by atoms with E-state index < -0.39 is 0 Å². The Kier molecular flexibility index (Phi) is 2.02. The first-order valence-electron chi connectivity index (χ1n) is 4.09. The Morgan fingerprint density at radius 3 is 3.00 bits per heavy atom. The maximum Gasteiger partial charge on any atom is 0.128 e. The second-order valence-corrected chi connectivity index (χ2v) is 4.08. The van der Waals surface area contributed by atoms with E-state index in [9.17, 15) is 5.11 Å². The van der Waals surface area contributed by atoms with Gasteiger partial charge in [0.2, 0.25) is 0 Å². The third-order valence-electron chi connectivity index (χ3n) is 2.04. The predicted molar refractivity (Wildman–Crippen MR) is 57.2 cm³/mol. The van der Waals surface area contributed by atoms with Gasteiger partial charge in [0.05, 0.1) is 17.5 Å². The highest BCUT2D eigenvalue weighted by Gasteiger charge is 2.08. The number of fused-ring (bicyclic) bond motifs is 1. The van der Waals surface area contributed by atoms with E-state index in [1.54, 1.807) is 12.1 Å². The molecule has 0 amide bonds. The number of nitrogens with zero attached hydrogens (tertiary/aromatic N) is 1.